The lowest BCUT2D eigenvalue weighted by Crippen LogP contribution is -2.13. The predicted molar refractivity (Wildman–Crippen MR) is 87.7 cm³/mol. The molecule has 5 nitrogen and oxygen atoms in total. The third-order valence-electron chi connectivity index (χ3n) is 3.01. The Morgan fingerprint density at radius 1 is 1.27 bits per heavy atom. The third kappa shape index (κ3) is 3.07. The zero-order chi connectivity index (χ0) is 15.5. The van der Waals surface area contributed by atoms with Crippen LogP contribution in [0.4, 0.5) is 5.13 Å². The Morgan fingerprint density at radius 3 is 2.91 bits per heavy atom. The number of amides is 1. The highest BCUT2D eigenvalue weighted by molar-refractivity contribution is 7.22. The molecule has 0 saturated heterocycles. The summed E-state index contributed by atoms with van der Waals surface area (Å²) in [6.45, 7) is 4.41. The summed E-state index contributed by atoms with van der Waals surface area (Å²) in [7, 11) is 0. The van der Waals surface area contributed by atoms with Crippen molar-refractivity contribution in [3.8, 4) is 5.75 Å². The number of aryl methyl sites for hydroxylation is 1. The van der Waals surface area contributed by atoms with Crippen LogP contribution in [0, 0.1) is 6.92 Å². The van der Waals surface area contributed by atoms with E-state index in [9.17, 15) is 4.79 Å². The minimum atomic E-state index is -0.257. The normalized spacial score (nSPS) is 10.6. The summed E-state index contributed by atoms with van der Waals surface area (Å²) >= 11 is 1.41. The van der Waals surface area contributed by atoms with E-state index in [1.165, 1.54) is 11.3 Å². The van der Waals surface area contributed by atoms with Gasteiger partial charge >= 0.3 is 0 Å². The van der Waals surface area contributed by atoms with Gasteiger partial charge in [0.1, 0.15) is 11.4 Å². The number of ether oxygens (including phenoxy) is 1. The highest BCUT2D eigenvalue weighted by atomic mass is 32.1. The zero-order valence-corrected chi connectivity index (χ0v) is 13.1. The second kappa shape index (κ2) is 6.11. The number of aromatic nitrogens is 2. The van der Waals surface area contributed by atoms with Crippen LogP contribution in [0.1, 0.15) is 23.1 Å². The van der Waals surface area contributed by atoms with E-state index in [0.717, 1.165) is 21.7 Å². The fourth-order valence-electron chi connectivity index (χ4n) is 2.05. The van der Waals surface area contributed by atoms with Crippen molar-refractivity contribution in [2.45, 2.75) is 13.8 Å². The average molecular weight is 313 g/mol. The number of hydrogen-bond acceptors (Lipinski definition) is 5. The van der Waals surface area contributed by atoms with Crippen LogP contribution in [-0.4, -0.2) is 22.5 Å². The summed E-state index contributed by atoms with van der Waals surface area (Å²) in [6, 6.07) is 11.0. The molecule has 6 heteroatoms. The number of nitrogens with one attached hydrogen (secondary N) is 1. The number of nitrogens with zero attached hydrogens (tertiary/aromatic N) is 2. The van der Waals surface area contributed by atoms with E-state index < -0.39 is 0 Å². The average Bonchev–Trinajstić information content (AvgIpc) is 2.89. The van der Waals surface area contributed by atoms with Gasteiger partial charge in [-0.3, -0.25) is 10.1 Å². The highest BCUT2D eigenvalue weighted by Crippen LogP contribution is 2.29. The maximum atomic E-state index is 12.2. The summed E-state index contributed by atoms with van der Waals surface area (Å²) in [4.78, 5) is 20.8. The van der Waals surface area contributed by atoms with Crippen molar-refractivity contribution in [3.05, 3.63) is 47.8 Å². The third-order valence-corrected chi connectivity index (χ3v) is 3.95. The summed E-state index contributed by atoms with van der Waals surface area (Å²) in [5.74, 6) is 0.546. The lowest BCUT2D eigenvalue weighted by Gasteiger charge is -2.01. The van der Waals surface area contributed by atoms with Crippen LogP contribution in [0.15, 0.2) is 36.4 Å². The molecule has 3 aromatic rings. The molecule has 1 N–H and O–H groups in total. The van der Waals surface area contributed by atoms with Gasteiger partial charge < -0.3 is 4.74 Å². The molecule has 22 heavy (non-hydrogen) atoms. The standard InChI is InChI=1S/C16H15N3O2S/c1-3-21-11-7-8-12-14(9-11)22-16(18-12)19-15(20)13-6-4-5-10(2)17-13/h4-9H,3H2,1-2H3,(H,18,19,20). The monoisotopic (exact) mass is 313 g/mol. The Kier molecular flexibility index (Phi) is 4.02. The molecule has 0 spiro atoms. The molecule has 0 aliphatic heterocycles. The van der Waals surface area contributed by atoms with E-state index in [2.05, 4.69) is 15.3 Å². The molecule has 2 aromatic heterocycles. The van der Waals surface area contributed by atoms with Crippen LogP contribution in [0.5, 0.6) is 5.75 Å². The fourth-order valence-corrected chi connectivity index (χ4v) is 2.93. The number of carbonyl (C=O) groups is 1. The van der Waals surface area contributed by atoms with Gasteiger partial charge in [-0.2, -0.15) is 0 Å². The number of hydrogen-bond donors (Lipinski definition) is 1. The van der Waals surface area contributed by atoms with Crippen LogP contribution in [-0.2, 0) is 0 Å². The van der Waals surface area contributed by atoms with Gasteiger partial charge in [-0.15, -0.1) is 0 Å². The summed E-state index contributed by atoms with van der Waals surface area (Å²) in [5, 5.41) is 3.34. The van der Waals surface area contributed by atoms with Gasteiger partial charge in [0.15, 0.2) is 5.13 Å². The lowest BCUT2D eigenvalue weighted by atomic mass is 10.3. The van der Waals surface area contributed by atoms with Gasteiger partial charge in [0, 0.05) is 5.69 Å². The molecule has 1 aromatic carbocycles. The van der Waals surface area contributed by atoms with E-state index >= 15 is 0 Å². The minimum Gasteiger partial charge on any atom is -0.494 e. The Hall–Kier alpha value is -2.47. The van der Waals surface area contributed by atoms with Crippen molar-refractivity contribution in [2.75, 3.05) is 11.9 Å². The van der Waals surface area contributed by atoms with Crippen LogP contribution in [0.2, 0.25) is 0 Å². The number of thiazole rings is 1. The smallest absolute Gasteiger partial charge is 0.276 e. The topological polar surface area (TPSA) is 64.1 Å². The number of carbonyl (C=O) groups excluding carboxylic acids is 1. The second-order valence-electron chi connectivity index (χ2n) is 4.70. The molecule has 3 rings (SSSR count). The van der Waals surface area contributed by atoms with Gasteiger partial charge in [0.2, 0.25) is 0 Å². The Bertz CT molecular complexity index is 829. The van der Waals surface area contributed by atoms with Gasteiger partial charge in [0.25, 0.3) is 5.91 Å². The van der Waals surface area contributed by atoms with Gasteiger partial charge in [0.05, 0.1) is 16.8 Å². The van der Waals surface area contributed by atoms with E-state index in [1.807, 2.05) is 44.2 Å². The first-order chi connectivity index (χ1) is 10.7. The molecule has 0 aliphatic rings. The van der Waals surface area contributed by atoms with E-state index in [-0.39, 0.29) is 5.91 Å². The molecule has 0 bridgehead atoms. The largest absolute Gasteiger partial charge is 0.494 e. The van der Waals surface area contributed by atoms with Crippen LogP contribution in [0.3, 0.4) is 0 Å². The van der Waals surface area contributed by atoms with Gasteiger partial charge in [-0.1, -0.05) is 17.4 Å². The molecule has 0 atom stereocenters. The first-order valence-electron chi connectivity index (χ1n) is 6.94. The maximum absolute atomic E-state index is 12.2. The van der Waals surface area contributed by atoms with E-state index in [0.29, 0.717) is 17.4 Å². The molecule has 0 aliphatic carbocycles. The fraction of sp³-hybridized carbons (Fsp3) is 0.188. The first-order valence-corrected chi connectivity index (χ1v) is 7.76. The number of benzene rings is 1. The highest BCUT2D eigenvalue weighted by Gasteiger charge is 2.11. The number of pyridine rings is 1. The molecule has 0 radical (unpaired) electrons. The number of fused-ring (bicyclic) bond motifs is 1. The van der Waals surface area contributed by atoms with Crippen molar-refractivity contribution < 1.29 is 9.53 Å². The molecule has 0 fully saturated rings. The maximum Gasteiger partial charge on any atom is 0.276 e. The first kappa shape index (κ1) is 14.5. The van der Waals surface area contributed by atoms with Crippen molar-refractivity contribution in [3.63, 3.8) is 0 Å². The minimum absolute atomic E-state index is 0.257. The van der Waals surface area contributed by atoms with Crippen molar-refractivity contribution in [1.82, 2.24) is 9.97 Å². The Morgan fingerprint density at radius 2 is 2.14 bits per heavy atom. The van der Waals surface area contributed by atoms with Crippen LogP contribution < -0.4 is 10.1 Å². The summed E-state index contributed by atoms with van der Waals surface area (Å²) in [6.07, 6.45) is 0. The van der Waals surface area contributed by atoms with Gasteiger partial charge in [-0.05, 0) is 44.2 Å². The molecule has 0 saturated carbocycles. The zero-order valence-electron chi connectivity index (χ0n) is 12.3. The Labute approximate surface area is 132 Å². The molecular weight excluding hydrogens is 298 g/mol. The number of rotatable bonds is 4. The quantitative estimate of drug-likeness (QED) is 0.798. The van der Waals surface area contributed by atoms with Crippen molar-refractivity contribution in [1.29, 1.82) is 0 Å². The number of anilines is 1. The van der Waals surface area contributed by atoms with Crippen LogP contribution in [0.25, 0.3) is 10.2 Å². The van der Waals surface area contributed by atoms with Gasteiger partial charge in [-0.25, -0.2) is 9.97 Å². The van der Waals surface area contributed by atoms with E-state index in [1.54, 1.807) is 6.07 Å². The lowest BCUT2D eigenvalue weighted by molar-refractivity contribution is 0.102. The van der Waals surface area contributed by atoms with Crippen molar-refractivity contribution in [2.24, 2.45) is 0 Å². The predicted octanol–water partition coefficient (Wildman–Crippen LogP) is 3.65. The summed E-state index contributed by atoms with van der Waals surface area (Å²) in [5.41, 5.74) is 2.02. The molecule has 112 valence electrons. The van der Waals surface area contributed by atoms with Crippen molar-refractivity contribution >= 4 is 32.6 Å². The molecular formula is C16H15N3O2S. The van der Waals surface area contributed by atoms with Crippen LogP contribution >= 0.6 is 11.3 Å². The molecule has 1 amide bonds. The Balaban J connectivity index is 1.83. The molecule has 2 heterocycles. The van der Waals surface area contributed by atoms with E-state index in [4.69, 9.17) is 4.74 Å². The SMILES string of the molecule is CCOc1ccc2nc(NC(=O)c3cccc(C)n3)sc2c1. The molecule has 0 unspecified atom stereocenters. The summed E-state index contributed by atoms with van der Waals surface area (Å²) < 4.78 is 6.44. The second-order valence-corrected chi connectivity index (χ2v) is 5.73.